The van der Waals surface area contributed by atoms with E-state index in [1.165, 1.54) is 0 Å². The lowest BCUT2D eigenvalue weighted by Crippen LogP contribution is -2.50. The van der Waals surface area contributed by atoms with Gasteiger partial charge in [-0.25, -0.2) is 0 Å². The fraction of sp³-hybridized carbons (Fsp3) is 0.667. The lowest BCUT2D eigenvalue weighted by atomic mass is 9.73. The zero-order valence-corrected chi connectivity index (χ0v) is 12.3. The van der Waals surface area contributed by atoms with Crippen LogP contribution in [-0.2, 0) is 4.79 Å². The third-order valence-electron chi connectivity index (χ3n) is 4.54. The van der Waals surface area contributed by atoms with Gasteiger partial charge in [0.2, 0.25) is 5.91 Å². The summed E-state index contributed by atoms with van der Waals surface area (Å²) in [6.07, 6.45) is 9.16. The molecule has 0 aromatic heterocycles. The number of amides is 1. The van der Waals surface area contributed by atoms with E-state index in [1.807, 2.05) is 24.3 Å². The summed E-state index contributed by atoms with van der Waals surface area (Å²) >= 11 is 0. The highest BCUT2D eigenvalue weighted by molar-refractivity contribution is 5.84. The Kier molecular flexibility index (Phi) is 4.96. The molecule has 0 spiro atoms. The first-order chi connectivity index (χ1) is 9.54. The molecule has 5 nitrogen and oxygen atoms in total. The summed E-state index contributed by atoms with van der Waals surface area (Å²) in [5.74, 6) is -0.316. The van der Waals surface area contributed by atoms with E-state index in [4.69, 9.17) is 11.5 Å². The van der Waals surface area contributed by atoms with Crippen LogP contribution in [0.15, 0.2) is 24.3 Å². The monoisotopic (exact) mass is 278 g/mol. The molecule has 1 saturated heterocycles. The van der Waals surface area contributed by atoms with Gasteiger partial charge in [0.25, 0.3) is 0 Å². The second kappa shape index (κ2) is 6.52. The van der Waals surface area contributed by atoms with Crippen LogP contribution in [0.2, 0.25) is 0 Å². The fourth-order valence-corrected chi connectivity index (χ4v) is 2.98. The molecule has 2 atom stereocenters. The number of likely N-dealkylation sites (N-methyl/N-ethyl adjacent to an activating group) is 1. The number of primary amides is 1. The highest BCUT2D eigenvalue weighted by Gasteiger charge is 2.39. The Labute approximate surface area is 121 Å². The predicted molar refractivity (Wildman–Crippen MR) is 81.1 cm³/mol. The smallest absolute Gasteiger partial charge is 0.229 e. The molecule has 1 heterocycles. The summed E-state index contributed by atoms with van der Waals surface area (Å²) in [5.41, 5.74) is 11.0. The van der Waals surface area contributed by atoms with E-state index in [0.29, 0.717) is 0 Å². The largest absolute Gasteiger partial charge is 0.369 e. The van der Waals surface area contributed by atoms with Crippen molar-refractivity contribution in [2.24, 2.45) is 16.9 Å². The van der Waals surface area contributed by atoms with Gasteiger partial charge in [-0.1, -0.05) is 24.3 Å². The van der Waals surface area contributed by atoms with Crippen LogP contribution in [-0.4, -0.2) is 61.5 Å². The van der Waals surface area contributed by atoms with Gasteiger partial charge in [-0.15, -0.1) is 0 Å². The maximum atomic E-state index is 11.8. The zero-order valence-electron chi connectivity index (χ0n) is 12.3. The van der Waals surface area contributed by atoms with Gasteiger partial charge in [0.15, 0.2) is 0 Å². The molecule has 5 heteroatoms. The quantitative estimate of drug-likeness (QED) is 0.739. The topological polar surface area (TPSA) is 75.6 Å². The first-order valence-electron chi connectivity index (χ1n) is 7.37. The Morgan fingerprint density at radius 3 is 2.60 bits per heavy atom. The van der Waals surface area contributed by atoms with Crippen molar-refractivity contribution >= 4 is 5.91 Å². The van der Waals surface area contributed by atoms with Crippen LogP contribution in [0.3, 0.4) is 0 Å². The van der Waals surface area contributed by atoms with Crippen molar-refractivity contribution < 1.29 is 4.79 Å². The molecule has 0 bridgehead atoms. The third-order valence-corrected chi connectivity index (χ3v) is 4.54. The maximum Gasteiger partial charge on any atom is 0.229 e. The van der Waals surface area contributed by atoms with Gasteiger partial charge in [-0.2, -0.15) is 0 Å². The van der Waals surface area contributed by atoms with Crippen molar-refractivity contribution in [3.05, 3.63) is 24.3 Å². The molecular formula is C15H26N4O. The van der Waals surface area contributed by atoms with Gasteiger partial charge in [-0.05, 0) is 26.4 Å². The van der Waals surface area contributed by atoms with Crippen LogP contribution < -0.4 is 11.5 Å². The van der Waals surface area contributed by atoms with Gasteiger partial charge in [0, 0.05) is 32.2 Å². The van der Waals surface area contributed by atoms with Crippen molar-refractivity contribution in [2.45, 2.75) is 18.9 Å². The zero-order chi connectivity index (χ0) is 14.6. The number of hydrogen-bond acceptors (Lipinski definition) is 4. The standard InChI is InChI=1S/C15H26N4O/c1-18-9-11-19(12-10-18)8-4-7-15(14(17)20)6-3-2-5-13(15)16/h2-3,5-6,13H,4,7-12,16H2,1H3,(H2,17,20). The van der Waals surface area contributed by atoms with Crippen LogP contribution in [0.25, 0.3) is 0 Å². The summed E-state index contributed by atoms with van der Waals surface area (Å²) in [7, 11) is 2.15. The highest BCUT2D eigenvalue weighted by Crippen LogP contribution is 2.32. The van der Waals surface area contributed by atoms with Gasteiger partial charge in [0.1, 0.15) is 0 Å². The summed E-state index contributed by atoms with van der Waals surface area (Å²) in [4.78, 5) is 16.6. The normalized spacial score (nSPS) is 31.6. The molecular weight excluding hydrogens is 252 g/mol. The van der Waals surface area contributed by atoms with E-state index >= 15 is 0 Å². The third kappa shape index (κ3) is 3.29. The Balaban J connectivity index is 1.86. The number of piperazine rings is 1. The summed E-state index contributed by atoms with van der Waals surface area (Å²) in [5, 5.41) is 0. The summed E-state index contributed by atoms with van der Waals surface area (Å²) in [6.45, 7) is 5.43. The second-order valence-corrected chi connectivity index (χ2v) is 5.92. The second-order valence-electron chi connectivity index (χ2n) is 5.92. The van der Waals surface area contributed by atoms with E-state index in [0.717, 1.165) is 45.6 Å². The molecule has 2 unspecified atom stereocenters. The van der Waals surface area contributed by atoms with E-state index in [1.54, 1.807) is 0 Å². The molecule has 0 saturated carbocycles. The molecule has 20 heavy (non-hydrogen) atoms. The van der Waals surface area contributed by atoms with Crippen molar-refractivity contribution in [1.29, 1.82) is 0 Å². The number of nitrogens with zero attached hydrogens (tertiary/aromatic N) is 2. The lowest BCUT2D eigenvalue weighted by molar-refractivity contribution is -0.126. The number of nitrogens with two attached hydrogens (primary N) is 2. The molecule has 2 aliphatic rings. The SMILES string of the molecule is CN1CCN(CCCC2(C(N)=O)C=CC=CC2N)CC1. The molecule has 1 aliphatic carbocycles. The molecule has 1 amide bonds. The van der Waals surface area contributed by atoms with E-state index < -0.39 is 5.41 Å². The minimum Gasteiger partial charge on any atom is -0.369 e. The van der Waals surface area contributed by atoms with Crippen molar-refractivity contribution in [1.82, 2.24) is 9.80 Å². The van der Waals surface area contributed by atoms with Crippen molar-refractivity contribution in [3.8, 4) is 0 Å². The number of hydrogen-bond donors (Lipinski definition) is 2. The average Bonchev–Trinajstić information content (AvgIpc) is 2.43. The number of carbonyl (C=O) groups excluding carboxylic acids is 1. The van der Waals surface area contributed by atoms with E-state index in [9.17, 15) is 4.79 Å². The van der Waals surface area contributed by atoms with Gasteiger partial charge >= 0.3 is 0 Å². The van der Waals surface area contributed by atoms with Crippen LogP contribution in [0.5, 0.6) is 0 Å². The van der Waals surface area contributed by atoms with Crippen LogP contribution in [0, 0.1) is 5.41 Å². The van der Waals surface area contributed by atoms with Crippen LogP contribution >= 0.6 is 0 Å². The number of carbonyl (C=O) groups is 1. The molecule has 0 aromatic rings. The number of allylic oxidation sites excluding steroid dienone is 2. The fourth-order valence-electron chi connectivity index (χ4n) is 2.98. The van der Waals surface area contributed by atoms with Gasteiger partial charge < -0.3 is 21.3 Å². The van der Waals surface area contributed by atoms with Crippen molar-refractivity contribution in [2.75, 3.05) is 39.8 Å². The lowest BCUT2D eigenvalue weighted by Gasteiger charge is -2.36. The Morgan fingerprint density at radius 2 is 2.00 bits per heavy atom. The van der Waals surface area contributed by atoms with Gasteiger partial charge in [-0.3, -0.25) is 4.79 Å². The first kappa shape index (κ1) is 15.2. The summed E-state index contributed by atoms with van der Waals surface area (Å²) in [6, 6.07) is -0.308. The Morgan fingerprint density at radius 1 is 1.30 bits per heavy atom. The predicted octanol–water partition coefficient (Wildman–Crippen LogP) is -0.0610. The minimum atomic E-state index is -0.707. The molecule has 112 valence electrons. The summed E-state index contributed by atoms with van der Waals surface area (Å²) < 4.78 is 0. The molecule has 1 aliphatic heterocycles. The Bertz CT molecular complexity index is 399. The van der Waals surface area contributed by atoms with E-state index in [2.05, 4.69) is 16.8 Å². The maximum absolute atomic E-state index is 11.8. The number of rotatable bonds is 5. The minimum absolute atomic E-state index is 0.308. The van der Waals surface area contributed by atoms with E-state index in [-0.39, 0.29) is 11.9 Å². The van der Waals surface area contributed by atoms with Crippen LogP contribution in [0.1, 0.15) is 12.8 Å². The molecule has 0 aromatic carbocycles. The van der Waals surface area contributed by atoms with Gasteiger partial charge in [0.05, 0.1) is 5.41 Å². The molecule has 1 fully saturated rings. The first-order valence-corrected chi connectivity index (χ1v) is 7.37. The molecule has 0 radical (unpaired) electrons. The Hall–Kier alpha value is -1.17. The van der Waals surface area contributed by atoms with Crippen LogP contribution in [0.4, 0.5) is 0 Å². The van der Waals surface area contributed by atoms with Crippen molar-refractivity contribution in [3.63, 3.8) is 0 Å². The molecule has 4 N–H and O–H groups in total. The highest BCUT2D eigenvalue weighted by atomic mass is 16.1. The average molecular weight is 278 g/mol. The molecule has 2 rings (SSSR count).